The van der Waals surface area contributed by atoms with Crippen LogP contribution in [0.25, 0.3) is 0 Å². The predicted octanol–water partition coefficient (Wildman–Crippen LogP) is 7.84. The minimum atomic E-state index is -0.452. The molecule has 8 nitrogen and oxygen atoms in total. The zero-order chi connectivity index (χ0) is 33.0. The summed E-state index contributed by atoms with van der Waals surface area (Å²) in [6.07, 6.45) is 24.2. The van der Waals surface area contributed by atoms with Crippen molar-refractivity contribution < 1.29 is 29.0 Å². The quantitative estimate of drug-likeness (QED) is 0.0659. The van der Waals surface area contributed by atoms with E-state index in [1.54, 1.807) is 0 Å². The van der Waals surface area contributed by atoms with E-state index in [9.17, 15) is 14.4 Å². The molecule has 0 radical (unpaired) electrons. The summed E-state index contributed by atoms with van der Waals surface area (Å²) in [5, 5.41) is 9.11. The first kappa shape index (κ1) is 41.4. The smallest absolute Gasteiger partial charge is 0.305 e. The third-order valence-electron chi connectivity index (χ3n) is 9.41. The van der Waals surface area contributed by atoms with E-state index in [0.29, 0.717) is 58.3 Å². The van der Waals surface area contributed by atoms with E-state index in [4.69, 9.17) is 14.6 Å². The first-order valence-electron chi connectivity index (χ1n) is 18.7. The lowest BCUT2D eigenvalue weighted by molar-refractivity contribution is -0.158. The summed E-state index contributed by atoms with van der Waals surface area (Å²) in [7, 11) is 1.90. The van der Waals surface area contributed by atoms with E-state index in [2.05, 4.69) is 13.8 Å². The summed E-state index contributed by atoms with van der Waals surface area (Å²) in [4.78, 5) is 41.9. The van der Waals surface area contributed by atoms with Crippen LogP contribution in [-0.2, 0) is 23.9 Å². The Kier molecular flexibility index (Phi) is 25.2. The van der Waals surface area contributed by atoms with Crippen LogP contribution < -0.4 is 0 Å². The summed E-state index contributed by atoms with van der Waals surface area (Å²) >= 11 is 0. The van der Waals surface area contributed by atoms with Crippen LogP contribution in [0.15, 0.2) is 0 Å². The molecule has 8 heteroatoms. The van der Waals surface area contributed by atoms with E-state index in [0.717, 1.165) is 38.5 Å². The van der Waals surface area contributed by atoms with Crippen molar-refractivity contribution in [1.82, 2.24) is 9.80 Å². The van der Waals surface area contributed by atoms with Crippen LogP contribution in [0.3, 0.4) is 0 Å². The average Bonchev–Trinajstić information content (AvgIpc) is 3.04. The van der Waals surface area contributed by atoms with Crippen molar-refractivity contribution in [3.8, 4) is 0 Å². The van der Waals surface area contributed by atoms with Crippen molar-refractivity contribution in [2.75, 3.05) is 53.0 Å². The van der Waals surface area contributed by atoms with Crippen LogP contribution in [0.1, 0.15) is 162 Å². The van der Waals surface area contributed by atoms with Gasteiger partial charge in [0.25, 0.3) is 0 Å². The number of esters is 2. The van der Waals surface area contributed by atoms with E-state index < -0.39 is 5.41 Å². The maximum atomic E-state index is 12.8. The van der Waals surface area contributed by atoms with Gasteiger partial charge < -0.3 is 24.4 Å². The van der Waals surface area contributed by atoms with Crippen LogP contribution >= 0.6 is 0 Å². The molecule has 0 aromatic carbocycles. The molecule has 0 bridgehead atoms. The highest BCUT2D eigenvalue weighted by Gasteiger charge is 2.38. The topological polar surface area (TPSA) is 96.4 Å². The lowest BCUT2D eigenvalue weighted by atomic mass is 9.79. The van der Waals surface area contributed by atoms with E-state index in [1.165, 1.54) is 77.0 Å². The lowest BCUT2D eigenvalue weighted by Crippen LogP contribution is -2.48. The second kappa shape index (κ2) is 27.4. The molecule has 1 aliphatic heterocycles. The van der Waals surface area contributed by atoms with E-state index in [1.807, 2.05) is 16.8 Å². The van der Waals surface area contributed by atoms with E-state index in [-0.39, 0.29) is 37.7 Å². The number of aliphatic hydroxyl groups excluding tert-OH is 1. The molecule has 0 unspecified atom stereocenters. The number of piperidine rings is 1. The number of rotatable bonds is 29. The number of likely N-dealkylation sites (N-methyl/N-ethyl adjacent to an activating group) is 1. The van der Waals surface area contributed by atoms with Gasteiger partial charge in [-0.25, -0.2) is 0 Å². The fourth-order valence-electron chi connectivity index (χ4n) is 6.06. The fraction of sp³-hybridized carbons (Fsp3) is 0.919. The van der Waals surface area contributed by atoms with E-state index >= 15 is 0 Å². The van der Waals surface area contributed by atoms with Gasteiger partial charge in [-0.05, 0) is 32.7 Å². The standard InChI is InChI=1S/C37H70N2O6/c1-4-6-8-10-12-14-16-18-20-22-35(42)44-32-37(25-28-39(29-26-37)34(41)24-27-38(3)30-31-40)33-45-36(43)23-21-19-17-15-13-11-9-7-5-2/h40H,4-33H2,1-3H3. The van der Waals surface area contributed by atoms with Crippen molar-refractivity contribution in [3.05, 3.63) is 0 Å². The van der Waals surface area contributed by atoms with Gasteiger partial charge in [0.2, 0.25) is 5.91 Å². The largest absolute Gasteiger partial charge is 0.465 e. The third-order valence-corrected chi connectivity index (χ3v) is 9.41. The lowest BCUT2D eigenvalue weighted by Gasteiger charge is -2.41. The fourth-order valence-corrected chi connectivity index (χ4v) is 6.06. The molecule has 0 atom stereocenters. The number of hydrogen-bond donors (Lipinski definition) is 1. The molecular weight excluding hydrogens is 568 g/mol. The Hall–Kier alpha value is -1.67. The molecular formula is C37H70N2O6. The SMILES string of the molecule is CCCCCCCCCCCC(=O)OCC1(COC(=O)CCCCCCCCCCC)CCN(C(=O)CCN(C)CCO)CC1. The Balaban J connectivity index is 2.47. The van der Waals surface area contributed by atoms with Crippen LogP contribution in [0.4, 0.5) is 0 Å². The monoisotopic (exact) mass is 639 g/mol. The molecule has 264 valence electrons. The van der Waals surface area contributed by atoms with Crippen molar-refractivity contribution in [1.29, 1.82) is 0 Å². The molecule has 1 rings (SSSR count). The Bertz CT molecular complexity index is 713. The molecule has 1 fully saturated rings. The maximum absolute atomic E-state index is 12.8. The van der Waals surface area contributed by atoms with Gasteiger partial charge in [-0.1, -0.05) is 117 Å². The number of unbranched alkanes of at least 4 members (excludes halogenated alkanes) is 16. The van der Waals surface area contributed by atoms with Crippen molar-refractivity contribution in [3.63, 3.8) is 0 Å². The number of nitrogens with zero attached hydrogens (tertiary/aromatic N) is 2. The summed E-state index contributed by atoms with van der Waals surface area (Å²) in [5.41, 5.74) is -0.452. The second-order valence-corrected chi connectivity index (χ2v) is 13.6. The number of amides is 1. The summed E-state index contributed by atoms with van der Waals surface area (Å²) < 4.78 is 11.6. The van der Waals surface area contributed by atoms with Gasteiger partial charge in [-0.3, -0.25) is 14.4 Å². The van der Waals surface area contributed by atoms with Crippen LogP contribution in [0.2, 0.25) is 0 Å². The van der Waals surface area contributed by atoms with Crippen molar-refractivity contribution in [2.24, 2.45) is 5.41 Å². The Morgan fingerprint density at radius 3 is 1.42 bits per heavy atom. The molecule has 0 spiro atoms. The number of carbonyl (C=O) groups excluding carboxylic acids is 3. The third kappa shape index (κ3) is 21.7. The van der Waals surface area contributed by atoms with Gasteiger partial charge in [0, 0.05) is 50.9 Å². The Morgan fingerprint density at radius 2 is 1.02 bits per heavy atom. The highest BCUT2D eigenvalue weighted by atomic mass is 16.5. The first-order valence-corrected chi connectivity index (χ1v) is 18.7. The molecule has 0 saturated carbocycles. The number of carbonyl (C=O) groups is 3. The normalized spacial score (nSPS) is 14.6. The number of likely N-dealkylation sites (tertiary alicyclic amines) is 1. The second-order valence-electron chi connectivity index (χ2n) is 13.6. The molecule has 1 amide bonds. The molecule has 1 heterocycles. The zero-order valence-electron chi connectivity index (χ0n) is 29.6. The van der Waals surface area contributed by atoms with Crippen LogP contribution in [-0.4, -0.2) is 85.8 Å². The summed E-state index contributed by atoms with van der Waals surface area (Å²) in [6.45, 7) is 7.29. The number of ether oxygens (including phenoxy) is 2. The highest BCUT2D eigenvalue weighted by Crippen LogP contribution is 2.33. The van der Waals surface area contributed by atoms with Crippen LogP contribution in [0, 0.1) is 5.41 Å². The Labute approximate surface area is 276 Å². The molecule has 0 aliphatic carbocycles. The molecule has 1 saturated heterocycles. The summed E-state index contributed by atoms with van der Waals surface area (Å²) in [5.74, 6) is -0.259. The molecule has 45 heavy (non-hydrogen) atoms. The number of hydrogen-bond acceptors (Lipinski definition) is 7. The predicted molar refractivity (Wildman–Crippen MR) is 183 cm³/mol. The van der Waals surface area contributed by atoms with Gasteiger partial charge >= 0.3 is 11.9 Å². The van der Waals surface area contributed by atoms with Crippen molar-refractivity contribution >= 4 is 17.8 Å². The first-order chi connectivity index (χ1) is 21.9. The number of aliphatic hydroxyl groups is 1. The molecule has 1 aliphatic rings. The zero-order valence-corrected chi connectivity index (χ0v) is 29.6. The van der Waals surface area contributed by atoms with Crippen molar-refractivity contribution in [2.45, 2.75) is 162 Å². The molecule has 0 aromatic heterocycles. The van der Waals surface area contributed by atoms with Gasteiger partial charge in [0.1, 0.15) is 13.2 Å². The average molecular weight is 639 g/mol. The van der Waals surface area contributed by atoms with Gasteiger partial charge in [-0.2, -0.15) is 0 Å². The Morgan fingerprint density at radius 1 is 0.622 bits per heavy atom. The minimum Gasteiger partial charge on any atom is -0.465 e. The van der Waals surface area contributed by atoms with Gasteiger partial charge in [-0.15, -0.1) is 0 Å². The molecule has 0 aromatic rings. The summed E-state index contributed by atoms with van der Waals surface area (Å²) in [6, 6.07) is 0. The van der Waals surface area contributed by atoms with Crippen LogP contribution in [0.5, 0.6) is 0 Å². The maximum Gasteiger partial charge on any atom is 0.305 e. The highest BCUT2D eigenvalue weighted by molar-refractivity contribution is 5.76. The van der Waals surface area contributed by atoms with Gasteiger partial charge in [0.15, 0.2) is 0 Å². The minimum absolute atomic E-state index is 0.0760. The molecule has 1 N–H and O–H groups in total. The van der Waals surface area contributed by atoms with Gasteiger partial charge in [0.05, 0.1) is 6.61 Å².